The minimum absolute atomic E-state index is 0.0145. The first kappa shape index (κ1) is 15.1. The number of halogens is 2. The van der Waals surface area contributed by atoms with Crippen LogP contribution >= 0.6 is 23.2 Å². The van der Waals surface area contributed by atoms with E-state index in [-0.39, 0.29) is 16.5 Å². The standard InChI is InChI=1S/C12H15Cl2NO3S/c1-12(16)5-2-6-15(8-12)19(17,18)11-7-9(13)3-4-10(11)14/h3-4,7,16H,2,5-6,8H2,1H3. The van der Waals surface area contributed by atoms with Gasteiger partial charge in [0.15, 0.2) is 0 Å². The second kappa shape index (κ2) is 5.22. The molecule has 1 fully saturated rings. The van der Waals surface area contributed by atoms with Crippen LogP contribution in [0, 0.1) is 0 Å². The van der Waals surface area contributed by atoms with Crippen molar-refractivity contribution in [2.24, 2.45) is 0 Å². The molecule has 1 heterocycles. The van der Waals surface area contributed by atoms with E-state index in [1.807, 2.05) is 0 Å². The van der Waals surface area contributed by atoms with Crippen LogP contribution in [0.2, 0.25) is 10.0 Å². The summed E-state index contributed by atoms with van der Waals surface area (Å²) in [6.45, 7) is 2.08. The van der Waals surface area contributed by atoms with E-state index >= 15 is 0 Å². The second-order valence-electron chi connectivity index (χ2n) is 5.01. The van der Waals surface area contributed by atoms with Crippen LogP contribution in [0.5, 0.6) is 0 Å². The van der Waals surface area contributed by atoms with Crippen molar-refractivity contribution in [1.82, 2.24) is 4.31 Å². The van der Waals surface area contributed by atoms with Gasteiger partial charge in [-0.2, -0.15) is 4.31 Å². The zero-order chi connectivity index (χ0) is 14.3. The smallest absolute Gasteiger partial charge is 0.244 e. The highest BCUT2D eigenvalue weighted by atomic mass is 35.5. The first-order valence-corrected chi connectivity index (χ1v) is 8.10. The van der Waals surface area contributed by atoms with Crippen molar-refractivity contribution in [2.45, 2.75) is 30.3 Å². The Morgan fingerprint density at radius 3 is 2.68 bits per heavy atom. The highest BCUT2D eigenvalue weighted by Gasteiger charge is 2.36. The fourth-order valence-electron chi connectivity index (χ4n) is 2.19. The monoisotopic (exact) mass is 323 g/mol. The van der Waals surface area contributed by atoms with E-state index in [2.05, 4.69) is 0 Å². The molecule has 0 aliphatic carbocycles. The maximum atomic E-state index is 12.5. The number of aliphatic hydroxyl groups is 1. The molecule has 1 N–H and O–H groups in total. The van der Waals surface area contributed by atoms with Crippen molar-refractivity contribution < 1.29 is 13.5 Å². The van der Waals surface area contributed by atoms with Crippen LogP contribution in [0.1, 0.15) is 19.8 Å². The van der Waals surface area contributed by atoms with Crippen LogP contribution in [0.25, 0.3) is 0 Å². The van der Waals surface area contributed by atoms with E-state index in [1.54, 1.807) is 6.92 Å². The predicted octanol–water partition coefficient (Wildman–Crippen LogP) is 2.53. The van der Waals surface area contributed by atoms with Crippen LogP contribution in [0.15, 0.2) is 23.1 Å². The van der Waals surface area contributed by atoms with Crippen molar-refractivity contribution in [2.75, 3.05) is 13.1 Å². The lowest BCUT2D eigenvalue weighted by Crippen LogP contribution is -2.48. The van der Waals surface area contributed by atoms with Gasteiger partial charge < -0.3 is 5.11 Å². The van der Waals surface area contributed by atoms with Gasteiger partial charge in [-0.1, -0.05) is 23.2 Å². The summed E-state index contributed by atoms with van der Waals surface area (Å²) in [6, 6.07) is 4.33. The van der Waals surface area contributed by atoms with Crippen LogP contribution in [-0.4, -0.2) is 36.5 Å². The molecule has 2 rings (SSSR count). The third-order valence-corrected chi connectivity index (χ3v) is 5.71. The number of sulfonamides is 1. The van der Waals surface area contributed by atoms with Gasteiger partial charge in [0, 0.05) is 18.1 Å². The highest BCUT2D eigenvalue weighted by Crippen LogP contribution is 2.31. The van der Waals surface area contributed by atoms with E-state index in [0.29, 0.717) is 24.4 Å². The van der Waals surface area contributed by atoms with E-state index in [1.165, 1.54) is 22.5 Å². The summed E-state index contributed by atoms with van der Waals surface area (Å²) in [5, 5.41) is 10.5. The number of hydrogen-bond acceptors (Lipinski definition) is 3. The SMILES string of the molecule is CC1(O)CCCN(S(=O)(=O)c2cc(Cl)ccc2Cl)C1. The average Bonchev–Trinajstić information content (AvgIpc) is 2.31. The summed E-state index contributed by atoms with van der Waals surface area (Å²) >= 11 is 11.8. The molecule has 0 saturated carbocycles. The Bertz CT molecular complexity index is 587. The molecule has 1 saturated heterocycles. The van der Waals surface area contributed by atoms with Gasteiger partial charge in [-0.15, -0.1) is 0 Å². The largest absolute Gasteiger partial charge is 0.389 e. The van der Waals surface area contributed by atoms with Crippen LogP contribution in [0.3, 0.4) is 0 Å². The molecule has 1 atom stereocenters. The van der Waals surface area contributed by atoms with Crippen LogP contribution in [-0.2, 0) is 10.0 Å². The van der Waals surface area contributed by atoms with Gasteiger partial charge in [0.05, 0.1) is 10.6 Å². The Labute approximate surface area is 123 Å². The van der Waals surface area contributed by atoms with Gasteiger partial charge in [0.2, 0.25) is 10.0 Å². The summed E-state index contributed by atoms with van der Waals surface area (Å²) < 4.78 is 26.3. The Morgan fingerprint density at radius 2 is 2.05 bits per heavy atom. The fourth-order valence-corrected chi connectivity index (χ4v) is 4.53. The normalized spacial score (nSPS) is 25.5. The molecule has 1 aliphatic heterocycles. The zero-order valence-electron chi connectivity index (χ0n) is 10.4. The van der Waals surface area contributed by atoms with Crippen molar-refractivity contribution in [3.63, 3.8) is 0 Å². The fraction of sp³-hybridized carbons (Fsp3) is 0.500. The van der Waals surface area contributed by atoms with E-state index in [9.17, 15) is 13.5 Å². The van der Waals surface area contributed by atoms with Crippen LogP contribution in [0.4, 0.5) is 0 Å². The molecule has 106 valence electrons. The van der Waals surface area contributed by atoms with E-state index < -0.39 is 15.6 Å². The molecule has 19 heavy (non-hydrogen) atoms. The second-order valence-corrected chi connectivity index (χ2v) is 7.76. The average molecular weight is 324 g/mol. The minimum Gasteiger partial charge on any atom is -0.389 e. The Morgan fingerprint density at radius 1 is 1.37 bits per heavy atom. The van der Waals surface area contributed by atoms with Crippen molar-refractivity contribution in [3.8, 4) is 0 Å². The number of benzene rings is 1. The zero-order valence-corrected chi connectivity index (χ0v) is 12.8. The molecular formula is C12H15Cl2NO3S. The Hall–Kier alpha value is -0.330. The molecule has 1 aromatic rings. The van der Waals surface area contributed by atoms with Gasteiger partial charge in [0.1, 0.15) is 4.90 Å². The number of nitrogens with zero attached hydrogens (tertiary/aromatic N) is 1. The number of hydrogen-bond donors (Lipinski definition) is 1. The third-order valence-electron chi connectivity index (χ3n) is 3.15. The molecule has 0 amide bonds. The summed E-state index contributed by atoms with van der Waals surface area (Å²) in [5.74, 6) is 0. The quantitative estimate of drug-likeness (QED) is 0.909. The summed E-state index contributed by atoms with van der Waals surface area (Å²) in [4.78, 5) is -0.0145. The molecule has 0 bridgehead atoms. The van der Waals surface area contributed by atoms with Crippen molar-refractivity contribution in [1.29, 1.82) is 0 Å². The highest BCUT2D eigenvalue weighted by molar-refractivity contribution is 7.89. The lowest BCUT2D eigenvalue weighted by Gasteiger charge is -2.36. The lowest BCUT2D eigenvalue weighted by molar-refractivity contribution is 0.00940. The van der Waals surface area contributed by atoms with Crippen molar-refractivity contribution in [3.05, 3.63) is 28.2 Å². The predicted molar refractivity (Wildman–Crippen MR) is 75.1 cm³/mol. The molecular weight excluding hydrogens is 309 g/mol. The third kappa shape index (κ3) is 3.23. The molecule has 4 nitrogen and oxygen atoms in total. The molecule has 1 unspecified atom stereocenters. The Kier molecular flexibility index (Phi) is 4.14. The molecule has 0 radical (unpaired) electrons. The maximum Gasteiger partial charge on any atom is 0.244 e. The van der Waals surface area contributed by atoms with E-state index in [0.717, 1.165) is 0 Å². The number of β-amino-alcohol motifs (C(OH)–C–C–N with tert-alkyl or cyclic N) is 1. The summed E-state index contributed by atoms with van der Waals surface area (Å²) in [7, 11) is -3.73. The molecule has 0 aromatic heterocycles. The van der Waals surface area contributed by atoms with Gasteiger partial charge >= 0.3 is 0 Å². The van der Waals surface area contributed by atoms with Crippen LogP contribution < -0.4 is 0 Å². The number of rotatable bonds is 2. The lowest BCUT2D eigenvalue weighted by atomic mass is 9.97. The van der Waals surface area contributed by atoms with Gasteiger partial charge in [-0.05, 0) is 38.0 Å². The van der Waals surface area contributed by atoms with Gasteiger partial charge in [-0.25, -0.2) is 8.42 Å². The topological polar surface area (TPSA) is 57.6 Å². The molecule has 1 aromatic carbocycles. The number of piperidine rings is 1. The summed E-state index contributed by atoms with van der Waals surface area (Å²) in [5.41, 5.74) is -1.00. The summed E-state index contributed by atoms with van der Waals surface area (Å²) in [6.07, 6.45) is 1.20. The van der Waals surface area contributed by atoms with E-state index in [4.69, 9.17) is 23.2 Å². The minimum atomic E-state index is -3.73. The molecule has 1 aliphatic rings. The first-order chi connectivity index (χ1) is 8.72. The molecule has 0 spiro atoms. The maximum absolute atomic E-state index is 12.5. The first-order valence-electron chi connectivity index (χ1n) is 5.90. The van der Waals surface area contributed by atoms with Gasteiger partial charge in [-0.3, -0.25) is 0 Å². The molecule has 7 heteroatoms. The van der Waals surface area contributed by atoms with Crippen molar-refractivity contribution >= 4 is 33.2 Å². The van der Waals surface area contributed by atoms with Gasteiger partial charge in [0.25, 0.3) is 0 Å². The Balaban J connectivity index is 2.39.